The van der Waals surface area contributed by atoms with Crippen molar-refractivity contribution < 1.29 is 14.2 Å². The minimum absolute atomic E-state index is 0.0288. The van der Waals surface area contributed by atoms with Crippen molar-refractivity contribution in [3.63, 3.8) is 0 Å². The van der Waals surface area contributed by atoms with E-state index in [1.807, 2.05) is 12.1 Å². The van der Waals surface area contributed by atoms with E-state index >= 15 is 0 Å². The van der Waals surface area contributed by atoms with Crippen LogP contribution in [0.4, 0.5) is 0 Å². The number of epoxide rings is 2. The Balaban J connectivity index is 1.99. The maximum absolute atomic E-state index is 6.76. The van der Waals surface area contributed by atoms with Crippen LogP contribution in [-0.4, -0.2) is 31.5 Å². The van der Waals surface area contributed by atoms with Gasteiger partial charge < -0.3 is 14.2 Å². The Kier molecular flexibility index (Phi) is 4.15. The summed E-state index contributed by atoms with van der Waals surface area (Å²) in [7, 11) is 0. The molecule has 0 aliphatic carbocycles. The molecule has 3 nitrogen and oxygen atoms in total. The standard InChI is InChI=1S/C19H26O3/c1-5-9-15(16-12-20-16)22-19(17-13-21-17,18(2,3)4)14-10-7-6-8-11-14/h5-8,10-11,15-17H,1,9,12-13H2,2-4H3. The summed E-state index contributed by atoms with van der Waals surface area (Å²) in [5.74, 6) is 0. The summed E-state index contributed by atoms with van der Waals surface area (Å²) >= 11 is 0. The lowest BCUT2D eigenvalue weighted by Gasteiger charge is -2.46. The molecule has 0 bridgehead atoms. The summed E-state index contributed by atoms with van der Waals surface area (Å²) in [5.41, 5.74) is 0.622. The van der Waals surface area contributed by atoms with Gasteiger partial charge in [0.25, 0.3) is 0 Å². The van der Waals surface area contributed by atoms with Gasteiger partial charge in [-0.25, -0.2) is 0 Å². The summed E-state index contributed by atoms with van der Waals surface area (Å²) in [4.78, 5) is 0. The van der Waals surface area contributed by atoms with Crippen molar-refractivity contribution >= 4 is 0 Å². The minimum Gasteiger partial charge on any atom is -0.370 e. The molecule has 2 fully saturated rings. The molecular weight excluding hydrogens is 276 g/mol. The van der Waals surface area contributed by atoms with E-state index in [1.54, 1.807) is 0 Å². The maximum atomic E-state index is 6.76. The van der Waals surface area contributed by atoms with Crippen LogP contribution in [0.3, 0.4) is 0 Å². The second-order valence-electron chi connectivity index (χ2n) is 7.23. The lowest BCUT2D eigenvalue weighted by Crippen LogP contribution is -2.50. The van der Waals surface area contributed by atoms with Crippen LogP contribution in [0, 0.1) is 5.41 Å². The quantitative estimate of drug-likeness (QED) is 0.569. The van der Waals surface area contributed by atoms with Gasteiger partial charge in [0.05, 0.1) is 19.3 Å². The molecule has 1 aromatic rings. The first kappa shape index (κ1) is 15.7. The van der Waals surface area contributed by atoms with Gasteiger partial charge in [0.1, 0.15) is 17.8 Å². The number of benzene rings is 1. The molecule has 0 amide bonds. The van der Waals surface area contributed by atoms with Gasteiger partial charge in [-0.3, -0.25) is 0 Å². The average molecular weight is 302 g/mol. The Bertz CT molecular complexity index is 511. The van der Waals surface area contributed by atoms with E-state index in [-0.39, 0.29) is 23.7 Å². The van der Waals surface area contributed by atoms with Gasteiger partial charge in [-0.05, 0) is 17.4 Å². The highest BCUT2D eigenvalue weighted by molar-refractivity contribution is 5.29. The third-order valence-corrected chi connectivity index (χ3v) is 4.61. The highest BCUT2D eigenvalue weighted by Gasteiger charge is 2.58. The molecule has 0 saturated carbocycles. The van der Waals surface area contributed by atoms with Crippen LogP contribution in [0.15, 0.2) is 43.0 Å². The third-order valence-electron chi connectivity index (χ3n) is 4.61. The first-order valence-electron chi connectivity index (χ1n) is 8.06. The van der Waals surface area contributed by atoms with Gasteiger partial charge >= 0.3 is 0 Å². The first-order chi connectivity index (χ1) is 10.5. The van der Waals surface area contributed by atoms with Crippen LogP contribution >= 0.6 is 0 Å². The molecule has 0 N–H and O–H groups in total. The van der Waals surface area contributed by atoms with Crippen LogP contribution in [-0.2, 0) is 19.8 Å². The molecule has 1 aromatic carbocycles. The molecule has 4 unspecified atom stereocenters. The van der Waals surface area contributed by atoms with Gasteiger partial charge in [0, 0.05) is 0 Å². The zero-order valence-corrected chi connectivity index (χ0v) is 13.7. The van der Waals surface area contributed by atoms with Crippen molar-refractivity contribution in [2.45, 2.75) is 51.1 Å². The molecule has 120 valence electrons. The number of rotatable bonds is 7. The molecule has 2 aliphatic rings. The Hall–Kier alpha value is -1.16. The maximum Gasteiger partial charge on any atom is 0.127 e. The van der Waals surface area contributed by atoms with Crippen molar-refractivity contribution in [1.82, 2.24) is 0 Å². The Labute approximate surface area is 133 Å². The van der Waals surface area contributed by atoms with E-state index in [9.17, 15) is 0 Å². The van der Waals surface area contributed by atoms with Crippen molar-refractivity contribution in [1.29, 1.82) is 0 Å². The molecule has 3 heteroatoms. The van der Waals surface area contributed by atoms with Crippen LogP contribution in [0.25, 0.3) is 0 Å². The lowest BCUT2D eigenvalue weighted by atomic mass is 9.69. The van der Waals surface area contributed by atoms with Crippen molar-refractivity contribution in [2.24, 2.45) is 5.41 Å². The van der Waals surface area contributed by atoms with Crippen molar-refractivity contribution in [3.05, 3.63) is 48.6 Å². The van der Waals surface area contributed by atoms with Crippen molar-refractivity contribution in [3.8, 4) is 0 Å². The summed E-state index contributed by atoms with van der Waals surface area (Å²) in [6, 6.07) is 10.5. The van der Waals surface area contributed by atoms with Gasteiger partial charge in [-0.1, -0.05) is 57.2 Å². The van der Waals surface area contributed by atoms with Gasteiger partial charge in [-0.15, -0.1) is 6.58 Å². The summed E-state index contributed by atoms with van der Waals surface area (Å²) in [5, 5.41) is 0. The summed E-state index contributed by atoms with van der Waals surface area (Å²) in [6.45, 7) is 12.1. The highest BCUT2D eigenvalue weighted by atomic mass is 16.6. The fourth-order valence-electron chi connectivity index (χ4n) is 3.34. The highest BCUT2D eigenvalue weighted by Crippen LogP contribution is 2.51. The molecule has 3 rings (SSSR count). The first-order valence-corrected chi connectivity index (χ1v) is 8.06. The van der Waals surface area contributed by atoms with Crippen LogP contribution in [0.1, 0.15) is 32.8 Å². The largest absolute Gasteiger partial charge is 0.370 e. The SMILES string of the molecule is C=CCC(OC(c1ccccc1)(C1CO1)C(C)(C)C)C1CO1. The lowest BCUT2D eigenvalue weighted by molar-refractivity contribution is -0.177. The molecule has 2 aliphatic heterocycles. The number of hydrogen-bond acceptors (Lipinski definition) is 3. The summed E-state index contributed by atoms with van der Waals surface area (Å²) in [6.07, 6.45) is 3.02. The molecule has 2 heterocycles. The number of ether oxygens (including phenoxy) is 3. The van der Waals surface area contributed by atoms with Crippen LogP contribution in [0.2, 0.25) is 0 Å². The Morgan fingerprint density at radius 1 is 1.23 bits per heavy atom. The fraction of sp³-hybridized carbons (Fsp3) is 0.579. The zero-order chi connectivity index (χ0) is 15.8. The van der Waals surface area contributed by atoms with E-state index in [4.69, 9.17) is 14.2 Å². The van der Waals surface area contributed by atoms with Gasteiger partial charge in [0.2, 0.25) is 0 Å². The molecular formula is C19H26O3. The topological polar surface area (TPSA) is 34.3 Å². The molecule has 0 radical (unpaired) electrons. The van der Waals surface area contributed by atoms with Crippen molar-refractivity contribution in [2.75, 3.05) is 13.2 Å². The third kappa shape index (κ3) is 2.85. The molecule has 2 saturated heterocycles. The monoisotopic (exact) mass is 302 g/mol. The van der Waals surface area contributed by atoms with E-state index in [1.165, 1.54) is 5.56 Å². The van der Waals surface area contributed by atoms with E-state index in [0.29, 0.717) is 0 Å². The average Bonchev–Trinajstić information content (AvgIpc) is 3.36. The molecule has 4 atom stereocenters. The Morgan fingerprint density at radius 2 is 1.86 bits per heavy atom. The van der Waals surface area contributed by atoms with Crippen LogP contribution in [0.5, 0.6) is 0 Å². The van der Waals surface area contributed by atoms with E-state index in [2.05, 4.69) is 51.6 Å². The minimum atomic E-state index is -0.464. The van der Waals surface area contributed by atoms with Gasteiger partial charge in [-0.2, -0.15) is 0 Å². The van der Waals surface area contributed by atoms with Gasteiger partial charge in [0.15, 0.2) is 0 Å². The summed E-state index contributed by atoms with van der Waals surface area (Å²) < 4.78 is 18.0. The van der Waals surface area contributed by atoms with E-state index < -0.39 is 5.60 Å². The predicted octanol–water partition coefficient (Wildman–Crippen LogP) is 3.69. The predicted molar refractivity (Wildman–Crippen MR) is 86.7 cm³/mol. The smallest absolute Gasteiger partial charge is 0.127 e. The number of hydrogen-bond donors (Lipinski definition) is 0. The normalized spacial score (nSPS) is 27.8. The second kappa shape index (κ2) is 5.80. The molecule has 22 heavy (non-hydrogen) atoms. The molecule has 0 spiro atoms. The van der Waals surface area contributed by atoms with E-state index in [0.717, 1.165) is 19.6 Å². The Morgan fingerprint density at radius 3 is 2.32 bits per heavy atom. The van der Waals surface area contributed by atoms with Crippen LogP contribution < -0.4 is 0 Å². The fourth-order valence-corrected chi connectivity index (χ4v) is 3.34. The second-order valence-corrected chi connectivity index (χ2v) is 7.23. The zero-order valence-electron chi connectivity index (χ0n) is 13.7. The molecule has 0 aromatic heterocycles.